The summed E-state index contributed by atoms with van der Waals surface area (Å²) in [5.41, 5.74) is 5.07. The number of imide groups is 1. The van der Waals surface area contributed by atoms with E-state index >= 15 is 0 Å². The van der Waals surface area contributed by atoms with E-state index in [-0.39, 0.29) is 24.1 Å². The molecule has 0 saturated heterocycles. The Balaban J connectivity index is 1.75. The highest BCUT2D eigenvalue weighted by atomic mass is 16.5. The molecule has 5 heteroatoms. The number of ether oxygens (including phenoxy) is 1. The van der Waals surface area contributed by atoms with Gasteiger partial charge in [-0.1, -0.05) is 54.6 Å². The second-order valence-electron chi connectivity index (χ2n) is 7.63. The molecule has 0 atom stereocenters. The number of carbonyl (C=O) groups is 2. The van der Waals surface area contributed by atoms with E-state index < -0.39 is 0 Å². The normalized spacial score (nSPS) is 13.7. The third kappa shape index (κ3) is 4.08. The quantitative estimate of drug-likeness (QED) is 0.596. The fraction of sp³-hybridized carbons (Fsp3) is 0.154. The number of benzene rings is 3. The van der Waals surface area contributed by atoms with Crippen molar-refractivity contribution in [3.63, 3.8) is 0 Å². The molecular formula is C26H24N2O3. The van der Waals surface area contributed by atoms with Crippen molar-refractivity contribution < 1.29 is 14.3 Å². The summed E-state index contributed by atoms with van der Waals surface area (Å²) in [7, 11) is 1.58. The van der Waals surface area contributed by atoms with Gasteiger partial charge < -0.3 is 10.1 Å². The molecule has 4 rings (SSSR count). The molecule has 31 heavy (non-hydrogen) atoms. The molecule has 3 aromatic carbocycles. The van der Waals surface area contributed by atoms with Gasteiger partial charge in [0.1, 0.15) is 11.4 Å². The van der Waals surface area contributed by atoms with Crippen molar-refractivity contribution in [3.05, 3.63) is 101 Å². The van der Waals surface area contributed by atoms with Crippen molar-refractivity contribution in [3.8, 4) is 5.75 Å². The summed E-state index contributed by atoms with van der Waals surface area (Å²) in [5.74, 6) is -0.0389. The summed E-state index contributed by atoms with van der Waals surface area (Å²) >= 11 is 0. The number of hydrogen-bond acceptors (Lipinski definition) is 4. The van der Waals surface area contributed by atoms with E-state index in [1.165, 1.54) is 4.90 Å². The van der Waals surface area contributed by atoms with Crippen molar-refractivity contribution in [2.75, 3.05) is 12.4 Å². The Morgan fingerprint density at radius 1 is 0.839 bits per heavy atom. The summed E-state index contributed by atoms with van der Waals surface area (Å²) in [4.78, 5) is 28.1. The van der Waals surface area contributed by atoms with Gasteiger partial charge >= 0.3 is 0 Å². The van der Waals surface area contributed by atoms with Crippen molar-refractivity contribution in [1.29, 1.82) is 0 Å². The first kappa shape index (κ1) is 20.4. The zero-order valence-corrected chi connectivity index (χ0v) is 17.8. The maximum absolute atomic E-state index is 13.4. The maximum Gasteiger partial charge on any atom is 0.278 e. The summed E-state index contributed by atoms with van der Waals surface area (Å²) in [5, 5.41) is 3.23. The van der Waals surface area contributed by atoms with Gasteiger partial charge in [0.05, 0.1) is 19.2 Å². The van der Waals surface area contributed by atoms with Gasteiger partial charge in [-0.15, -0.1) is 0 Å². The second kappa shape index (κ2) is 8.48. The first-order chi connectivity index (χ1) is 15.0. The maximum atomic E-state index is 13.4. The number of nitrogens with one attached hydrogen (secondary N) is 1. The molecule has 0 bridgehead atoms. The molecule has 0 aliphatic carbocycles. The number of nitrogens with zero attached hydrogens (tertiary/aromatic N) is 1. The number of carbonyl (C=O) groups excluding carboxylic acids is 2. The second-order valence-corrected chi connectivity index (χ2v) is 7.63. The van der Waals surface area contributed by atoms with E-state index in [2.05, 4.69) is 11.4 Å². The van der Waals surface area contributed by atoms with Crippen molar-refractivity contribution in [2.24, 2.45) is 0 Å². The van der Waals surface area contributed by atoms with Crippen molar-refractivity contribution in [2.45, 2.75) is 20.4 Å². The van der Waals surface area contributed by atoms with Crippen molar-refractivity contribution >= 4 is 23.1 Å². The number of methoxy groups -OCH3 is 1. The minimum Gasteiger partial charge on any atom is -0.496 e. The van der Waals surface area contributed by atoms with Gasteiger partial charge in [-0.25, -0.2) is 0 Å². The zero-order valence-electron chi connectivity index (χ0n) is 17.8. The van der Waals surface area contributed by atoms with Crippen LogP contribution in [0.5, 0.6) is 5.75 Å². The molecular weight excluding hydrogens is 388 g/mol. The molecule has 0 aromatic heterocycles. The SMILES string of the molecule is COc1ccccc1CN1C(=O)C(Nc2cc(C)cc(C)c2)=C(c2ccccc2)C1=O. The van der Waals surface area contributed by atoms with E-state index in [4.69, 9.17) is 4.74 Å². The molecule has 5 nitrogen and oxygen atoms in total. The number of anilines is 1. The summed E-state index contributed by atoms with van der Waals surface area (Å²) < 4.78 is 5.41. The standard InChI is InChI=1S/C26H24N2O3/c1-17-13-18(2)15-21(14-17)27-24-23(19-9-5-4-6-10-19)25(29)28(26(24)30)16-20-11-7-8-12-22(20)31-3/h4-15,27H,16H2,1-3H3. The topological polar surface area (TPSA) is 58.6 Å². The lowest BCUT2D eigenvalue weighted by molar-refractivity contribution is -0.137. The van der Waals surface area contributed by atoms with Gasteiger partial charge in [-0.05, 0) is 48.7 Å². The van der Waals surface area contributed by atoms with Gasteiger partial charge in [-0.3, -0.25) is 14.5 Å². The predicted octanol–water partition coefficient (Wildman–Crippen LogP) is 4.70. The first-order valence-electron chi connectivity index (χ1n) is 10.1. The highest BCUT2D eigenvalue weighted by molar-refractivity contribution is 6.36. The fourth-order valence-electron chi connectivity index (χ4n) is 3.90. The van der Waals surface area contributed by atoms with E-state index in [0.717, 1.165) is 22.4 Å². The molecule has 1 N–H and O–H groups in total. The number of para-hydroxylation sites is 1. The largest absolute Gasteiger partial charge is 0.496 e. The van der Waals surface area contributed by atoms with E-state index in [9.17, 15) is 9.59 Å². The van der Waals surface area contributed by atoms with Crippen molar-refractivity contribution in [1.82, 2.24) is 4.90 Å². The highest BCUT2D eigenvalue weighted by Crippen LogP contribution is 2.33. The Labute approximate surface area is 182 Å². The third-order valence-electron chi connectivity index (χ3n) is 5.24. The molecule has 3 aromatic rings. The predicted molar refractivity (Wildman–Crippen MR) is 121 cm³/mol. The molecule has 0 unspecified atom stereocenters. The summed E-state index contributed by atoms with van der Waals surface area (Å²) in [6.07, 6.45) is 0. The number of rotatable bonds is 6. The van der Waals surface area contributed by atoms with Crippen LogP contribution in [0.2, 0.25) is 0 Å². The molecule has 0 saturated carbocycles. The lowest BCUT2D eigenvalue weighted by atomic mass is 10.0. The van der Waals surface area contributed by atoms with Crippen LogP contribution < -0.4 is 10.1 Å². The zero-order chi connectivity index (χ0) is 22.0. The third-order valence-corrected chi connectivity index (χ3v) is 5.24. The molecule has 0 fully saturated rings. The molecule has 0 spiro atoms. The Kier molecular flexibility index (Phi) is 5.58. The summed E-state index contributed by atoms with van der Waals surface area (Å²) in [6, 6.07) is 22.7. The Bertz CT molecular complexity index is 1160. The monoisotopic (exact) mass is 412 g/mol. The fourth-order valence-corrected chi connectivity index (χ4v) is 3.90. The van der Waals surface area contributed by atoms with Gasteiger partial charge in [0, 0.05) is 11.3 Å². The minimum atomic E-state index is -0.353. The molecule has 1 aliphatic heterocycles. The van der Waals surface area contributed by atoms with Crippen LogP contribution in [0.4, 0.5) is 5.69 Å². The van der Waals surface area contributed by atoms with Gasteiger partial charge in [0.2, 0.25) is 0 Å². The lowest BCUT2D eigenvalue weighted by Crippen LogP contribution is -2.32. The van der Waals surface area contributed by atoms with Crippen LogP contribution in [0, 0.1) is 13.8 Å². The van der Waals surface area contributed by atoms with Gasteiger partial charge in [0.25, 0.3) is 11.8 Å². The molecule has 0 radical (unpaired) electrons. The van der Waals surface area contributed by atoms with Crippen LogP contribution in [-0.2, 0) is 16.1 Å². The number of aryl methyl sites for hydroxylation is 2. The summed E-state index contributed by atoms with van der Waals surface area (Å²) in [6.45, 7) is 4.14. The molecule has 1 heterocycles. The minimum absolute atomic E-state index is 0.135. The Morgan fingerprint density at radius 2 is 1.48 bits per heavy atom. The first-order valence-corrected chi connectivity index (χ1v) is 10.1. The van der Waals surface area contributed by atoms with E-state index in [1.54, 1.807) is 7.11 Å². The highest BCUT2D eigenvalue weighted by Gasteiger charge is 2.39. The Hall–Kier alpha value is -3.86. The van der Waals surface area contributed by atoms with Crippen LogP contribution in [0.25, 0.3) is 5.57 Å². The molecule has 1 aliphatic rings. The van der Waals surface area contributed by atoms with Crippen LogP contribution in [-0.4, -0.2) is 23.8 Å². The number of amides is 2. The van der Waals surface area contributed by atoms with Crippen LogP contribution >= 0.6 is 0 Å². The van der Waals surface area contributed by atoms with Crippen LogP contribution in [0.15, 0.2) is 78.5 Å². The average Bonchev–Trinajstić information content (AvgIpc) is 2.98. The molecule has 156 valence electrons. The number of hydrogen-bond donors (Lipinski definition) is 1. The van der Waals surface area contributed by atoms with E-state index in [1.807, 2.05) is 80.6 Å². The van der Waals surface area contributed by atoms with Crippen LogP contribution in [0.1, 0.15) is 22.3 Å². The van der Waals surface area contributed by atoms with Gasteiger partial charge in [0.15, 0.2) is 0 Å². The smallest absolute Gasteiger partial charge is 0.278 e. The molecule has 2 amide bonds. The average molecular weight is 412 g/mol. The lowest BCUT2D eigenvalue weighted by Gasteiger charge is -2.17. The van der Waals surface area contributed by atoms with E-state index in [0.29, 0.717) is 16.9 Å². The van der Waals surface area contributed by atoms with Crippen LogP contribution in [0.3, 0.4) is 0 Å². The Morgan fingerprint density at radius 3 is 2.16 bits per heavy atom. The van der Waals surface area contributed by atoms with Gasteiger partial charge in [-0.2, -0.15) is 0 Å².